The zero-order valence-corrected chi connectivity index (χ0v) is 17.2. The average Bonchev–Trinajstić information content (AvgIpc) is 3.47. The molecule has 0 amide bonds. The van der Waals surface area contributed by atoms with Crippen LogP contribution in [-0.4, -0.2) is 41.4 Å². The lowest BCUT2D eigenvalue weighted by Crippen LogP contribution is -2.09. The van der Waals surface area contributed by atoms with Crippen LogP contribution in [0.15, 0.2) is 36.5 Å². The van der Waals surface area contributed by atoms with Gasteiger partial charge in [-0.25, -0.2) is 9.97 Å². The lowest BCUT2D eigenvalue weighted by atomic mass is 10.1. The third-order valence-electron chi connectivity index (χ3n) is 5.95. The molecule has 4 aromatic rings. The Labute approximate surface area is 174 Å². The molecule has 150 valence electrons. The molecular weight excluding hydrogens is 374 g/mol. The van der Waals surface area contributed by atoms with Crippen LogP contribution in [0.1, 0.15) is 29.3 Å². The van der Waals surface area contributed by atoms with Gasteiger partial charge in [0, 0.05) is 43.5 Å². The van der Waals surface area contributed by atoms with Crippen LogP contribution in [0.3, 0.4) is 0 Å². The molecule has 7 heteroatoms. The first kappa shape index (κ1) is 17.5. The van der Waals surface area contributed by atoms with Crippen LogP contribution >= 0.6 is 0 Å². The number of pyridine rings is 2. The van der Waals surface area contributed by atoms with Crippen LogP contribution in [0.25, 0.3) is 34.2 Å². The molecule has 6 heterocycles. The number of nitrogens with one attached hydrogen (secondary N) is 1. The summed E-state index contributed by atoms with van der Waals surface area (Å²) in [5, 5.41) is 0. The molecule has 6 rings (SSSR count). The van der Waals surface area contributed by atoms with E-state index in [4.69, 9.17) is 15.0 Å². The second-order valence-electron chi connectivity index (χ2n) is 8.26. The Morgan fingerprint density at radius 2 is 1.97 bits per heavy atom. The Kier molecular flexibility index (Phi) is 3.86. The molecule has 0 saturated carbocycles. The molecule has 2 aliphatic heterocycles. The second-order valence-corrected chi connectivity index (χ2v) is 8.26. The van der Waals surface area contributed by atoms with Crippen molar-refractivity contribution in [2.45, 2.75) is 39.4 Å². The predicted octanol–water partition coefficient (Wildman–Crippen LogP) is 3.60. The normalized spacial score (nSPS) is 15.5. The first-order chi connectivity index (χ1) is 14.7. The third kappa shape index (κ3) is 2.77. The quantitative estimate of drug-likeness (QED) is 0.572. The van der Waals surface area contributed by atoms with E-state index in [1.54, 1.807) is 0 Å². The average molecular weight is 397 g/mol. The third-order valence-corrected chi connectivity index (χ3v) is 5.95. The van der Waals surface area contributed by atoms with Gasteiger partial charge in [0.15, 0.2) is 5.82 Å². The molecule has 7 nitrogen and oxygen atoms in total. The summed E-state index contributed by atoms with van der Waals surface area (Å²) in [6, 6.07) is 10.3. The maximum absolute atomic E-state index is 4.98. The molecule has 0 saturated heterocycles. The van der Waals surface area contributed by atoms with E-state index in [9.17, 15) is 0 Å². The summed E-state index contributed by atoms with van der Waals surface area (Å²) in [5.74, 6) is 1.98. The fourth-order valence-electron chi connectivity index (χ4n) is 4.59. The zero-order valence-electron chi connectivity index (χ0n) is 17.2. The molecule has 0 atom stereocenters. The summed E-state index contributed by atoms with van der Waals surface area (Å²) in [5.41, 5.74) is 8.28. The summed E-state index contributed by atoms with van der Waals surface area (Å²) in [6.45, 7) is 4.79. The van der Waals surface area contributed by atoms with Crippen LogP contribution < -0.4 is 0 Å². The highest BCUT2D eigenvalue weighted by Crippen LogP contribution is 2.36. The first-order valence-corrected chi connectivity index (χ1v) is 10.4. The van der Waals surface area contributed by atoms with E-state index in [2.05, 4.69) is 38.6 Å². The van der Waals surface area contributed by atoms with Crippen molar-refractivity contribution >= 4 is 0 Å². The Balaban J connectivity index is 1.47. The van der Waals surface area contributed by atoms with Crippen LogP contribution in [-0.2, 0) is 26.1 Å². The van der Waals surface area contributed by atoms with E-state index in [0.717, 1.165) is 83.9 Å². The number of hydrogen-bond acceptors (Lipinski definition) is 5. The first-order valence-electron chi connectivity index (χ1n) is 10.4. The molecule has 0 radical (unpaired) electrons. The maximum atomic E-state index is 4.98. The van der Waals surface area contributed by atoms with E-state index in [1.807, 2.05) is 31.3 Å². The summed E-state index contributed by atoms with van der Waals surface area (Å²) in [4.78, 5) is 24.9. The summed E-state index contributed by atoms with van der Waals surface area (Å²) in [6.07, 6.45) is 4.01. The van der Waals surface area contributed by atoms with E-state index >= 15 is 0 Å². The number of rotatable bonds is 3. The summed E-state index contributed by atoms with van der Waals surface area (Å²) in [7, 11) is 2.11. The van der Waals surface area contributed by atoms with Gasteiger partial charge >= 0.3 is 0 Å². The van der Waals surface area contributed by atoms with E-state index in [0.29, 0.717) is 0 Å². The fourth-order valence-corrected chi connectivity index (χ4v) is 4.59. The van der Waals surface area contributed by atoms with Crippen molar-refractivity contribution in [3.63, 3.8) is 0 Å². The molecule has 0 fully saturated rings. The number of aromatic nitrogens is 6. The van der Waals surface area contributed by atoms with Gasteiger partial charge in [-0.15, -0.1) is 0 Å². The van der Waals surface area contributed by atoms with Gasteiger partial charge in [0.05, 0.1) is 22.8 Å². The molecule has 2 aliphatic rings. The number of aryl methyl sites for hydroxylation is 2. The number of nitrogens with zero attached hydrogens (tertiary/aromatic N) is 6. The highest BCUT2D eigenvalue weighted by molar-refractivity contribution is 5.79. The molecule has 0 unspecified atom stereocenters. The van der Waals surface area contributed by atoms with Crippen molar-refractivity contribution in [1.29, 1.82) is 0 Å². The topological polar surface area (TPSA) is 75.5 Å². The fraction of sp³-hybridized carbons (Fsp3) is 0.304. The number of H-pyrrole nitrogens is 1. The van der Waals surface area contributed by atoms with Crippen molar-refractivity contribution in [3.8, 4) is 34.2 Å². The molecule has 4 aromatic heterocycles. The van der Waals surface area contributed by atoms with Gasteiger partial charge in [-0.1, -0.05) is 6.07 Å². The molecule has 1 N–H and O–H groups in total. The molecule has 0 aliphatic carbocycles. The zero-order chi connectivity index (χ0) is 20.2. The molecule has 0 spiro atoms. The van der Waals surface area contributed by atoms with Crippen molar-refractivity contribution in [1.82, 2.24) is 34.4 Å². The number of aromatic amines is 1. The predicted molar refractivity (Wildman–Crippen MR) is 114 cm³/mol. The molecule has 0 aromatic carbocycles. The van der Waals surface area contributed by atoms with E-state index in [-0.39, 0.29) is 0 Å². The van der Waals surface area contributed by atoms with E-state index < -0.39 is 0 Å². The van der Waals surface area contributed by atoms with Gasteiger partial charge < -0.3 is 9.55 Å². The Bertz CT molecular complexity index is 1240. The van der Waals surface area contributed by atoms with Gasteiger partial charge in [0.25, 0.3) is 0 Å². The molecular formula is C23H23N7. The van der Waals surface area contributed by atoms with Gasteiger partial charge in [0.2, 0.25) is 0 Å². The minimum atomic E-state index is 0.839. The van der Waals surface area contributed by atoms with Gasteiger partial charge in [-0.05, 0) is 44.7 Å². The SMILES string of the molecule is Cc1cccc(-c2nc3n(c2-c2ccnc(-c4nc5c([nH]4)CN(C)C5)c2)CCC3)n1. The number of fused-ring (bicyclic) bond motifs is 2. The van der Waals surface area contributed by atoms with Crippen molar-refractivity contribution in [3.05, 3.63) is 59.4 Å². The minimum absolute atomic E-state index is 0.839. The highest BCUT2D eigenvalue weighted by atomic mass is 15.2. The van der Waals surface area contributed by atoms with Gasteiger partial charge in [-0.2, -0.15) is 0 Å². The van der Waals surface area contributed by atoms with Crippen molar-refractivity contribution in [2.24, 2.45) is 0 Å². The lowest BCUT2D eigenvalue weighted by Gasteiger charge is -2.10. The number of imidazole rings is 2. The van der Waals surface area contributed by atoms with Gasteiger partial charge in [0.1, 0.15) is 17.2 Å². The highest BCUT2D eigenvalue weighted by Gasteiger charge is 2.25. The monoisotopic (exact) mass is 397 g/mol. The summed E-state index contributed by atoms with van der Waals surface area (Å²) >= 11 is 0. The largest absolute Gasteiger partial charge is 0.339 e. The summed E-state index contributed by atoms with van der Waals surface area (Å²) < 4.78 is 2.34. The maximum Gasteiger partial charge on any atom is 0.156 e. The van der Waals surface area contributed by atoms with Crippen LogP contribution in [0.5, 0.6) is 0 Å². The van der Waals surface area contributed by atoms with E-state index in [1.165, 1.54) is 5.69 Å². The minimum Gasteiger partial charge on any atom is -0.339 e. The van der Waals surface area contributed by atoms with Crippen LogP contribution in [0, 0.1) is 6.92 Å². The number of hydrogen-bond donors (Lipinski definition) is 1. The Morgan fingerprint density at radius 3 is 2.83 bits per heavy atom. The lowest BCUT2D eigenvalue weighted by molar-refractivity contribution is 0.347. The molecule has 0 bridgehead atoms. The van der Waals surface area contributed by atoms with Crippen molar-refractivity contribution < 1.29 is 0 Å². The smallest absolute Gasteiger partial charge is 0.156 e. The standard InChI is InChI=1S/C23H23N7/c1-14-5-3-6-16(25-14)21-22(30-10-4-7-20(30)28-21)15-8-9-24-17(11-15)23-26-18-12-29(2)13-19(18)27-23/h3,5-6,8-9,11H,4,7,10,12-13H2,1-2H3,(H,26,27). The van der Waals surface area contributed by atoms with Crippen molar-refractivity contribution in [2.75, 3.05) is 7.05 Å². The Hall–Kier alpha value is -3.32. The van der Waals surface area contributed by atoms with Crippen LogP contribution in [0.4, 0.5) is 0 Å². The Morgan fingerprint density at radius 1 is 1.03 bits per heavy atom. The molecule has 30 heavy (non-hydrogen) atoms. The van der Waals surface area contributed by atoms with Gasteiger partial charge in [-0.3, -0.25) is 14.9 Å². The van der Waals surface area contributed by atoms with Crippen LogP contribution in [0.2, 0.25) is 0 Å². The second kappa shape index (κ2) is 6.60.